The van der Waals surface area contributed by atoms with Gasteiger partial charge < -0.3 is 4.90 Å². The molecule has 2 atom stereocenters. The van der Waals surface area contributed by atoms with Gasteiger partial charge in [-0.15, -0.1) is 0 Å². The average Bonchev–Trinajstić information content (AvgIpc) is 2.42. The Hall–Kier alpha value is -0.220. The van der Waals surface area contributed by atoms with Crippen molar-refractivity contribution in [3.8, 4) is 0 Å². The predicted molar refractivity (Wildman–Crippen MR) is 66.5 cm³/mol. The highest BCUT2D eigenvalue weighted by Gasteiger charge is 2.37. The van der Waals surface area contributed by atoms with E-state index in [1.165, 1.54) is 0 Å². The third kappa shape index (κ3) is 5.61. The van der Waals surface area contributed by atoms with E-state index in [4.69, 9.17) is 9.11 Å². The van der Waals surface area contributed by atoms with Gasteiger partial charge in [0.1, 0.15) is 0 Å². The van der Waals surface area contributed by atoms with Crippen molar-refractivity contribution in [3.05, 3.63) is 0 Å². The first-order chi connectivity index (χ1) is 8.11. The molecule has 7 nitrogen and oxygen atoms in total. The van der Waals surface area contributed by atoms with E-state index in [2.05, 4.69) is 0 Å². The van der Waals surface area contributed by atoms with Crippen LogP contribution in [-0.2, 0) is 20.2 Å². The lowest BCUT2D eigenvalue weighted by Crippen LogP contribution is -2.27. The average molecular weight is 301 g/mol. The molecule has 108 valence electrons. The fourth-order valence-electron chi connectivity index (χ4n) is 2.45. The summed E-state index contributed by atoms with van der Waals surface area (Å²) in [4.78, 5) is 1.95. The van der Waals surface area contributed by atoms with Crippen LogP contribution < -0.4 is 0 Å². The molecule has 1 aliphatic heterocycles. The van der Waals surface area contributed by atoms with Crippen LogP contribution in [-0.4, -0.2) is 62.0 Å². The van der Waals surface area contributed by atoms with Crippen molar-refractivity contribution >= 4 is 20.2 Å². The molecule has 0 amide bonds. The summed E-state index contributed by atoms with van der Waals surface area (Å²) in [6.45, 7) is 3.56. The first kappa shape index (κ1) is 15.8. The van der Waals surface area contributed by atoms with Crippen molar-refractivity contribution in [2.24, 2.45) is 11.8 Å². The summed E-state index contributed by atoms with van der Waals surface area (Å²) in [5.74, 6) is -1.86. The fourth-order valence-corrected chi connectivity index (χ4v) is 4.29. The highest BCUT2D eigenvalue weighted by molar-refractivity contribution is 7.86. The molecule has 0 aromatic carbocycles. The summed E-state index contributed by atoms with van der Waals surface area (Å²) in [5.41, 5.74) is 0. The zero-order chi connectivity index (χ0) is 14.0. The Labute approximate surface area is 108 Å². The zero-order valence-electron chi connectivity index (χ0n) is 10.2. The fraction of sp³-hybridized carbons (Fsp3) is 1.00. The van der Waals surface area contributed by atoms with E-state index >= 15 is 0 Å². The topological polar surface area (TPSA) is 112 Å². The molecule has 2 N–H and O–H groups in total. The van der Waals surface area contributed by atoms with E-state index in [1.54, 1.807) is 0 Å². The van der Waals surface area contributed by atoms with E-state index in [0.717, 1.165) is 13.0 Å². The van der Waals surface area contributed by atoms with Crippen molar-refractivity contribution in [2.45, 2.75) is 13.3 Å². The van der Waals surface area contributed by atoms with Gasteiger partial charge in [0.2, 0.25) is 0 Å². The molecule has 2 unspecified atom stereocenters. The predicted octanol–water partition coefficient (Wildman–Crippen LogP) is -0.280. The number of hydrogen-bond acceptors (Lipinski definition) is 5. The van der Waals surface area contributed by atoms with Gasteiger partial charge in [-0.25, -0.2) is 0 Å². The molecule has 1 saturated heterocycles. The quantitative estimate of drug-likeness (QED) is 0.649. The van der Waals surface area contributed by atoms with Crippen molar-refractivity contribution in [2.75, 3.05) is 31.1 Å². The van der Waals surface area contributed by atoms with Gasteiger partial charge in [0, 0.05) is 13.1 Å². The molecule has 0 saturated carbocycles. The van der Waals surface area contributed by atoms with Crippen LogP contribution >= 0.6 is 0 Å². The van der Waals surface area contributed by atoms with Gasteiger partial charge in [0.05, 0.1) is 11.5 Å². The maximum atomic E-state index is 10.9. The molecule has 0 aromatic rings. The minimum Gasteiger partial charge on any atom is -0.303 e. The maximum absolute atomic E-state index is 10.9. The van der Waals surface area contributed by atoms with Crippen molar-refractivity contribution in [1.29, 1.82) is 0 Å². The molecular formula is C9H19NO6S2. The van der Waals surface area contributed by atoms with Gasteiger partial charge in [-0.3, -0.25) is 9.11 Å². The molecule has 1 heterocycles. The Morgan fingerprint density at radius 2 is 1.39 bits per heavy atom. The SMILES string of the molecule is CCCN1CC(CS(=O)(=O)O)C(CS(=O)(=O)O)C1. The minimum atomic E-state index is -4.14. The van der Waals surface area contributed by atoms with Crippen molar-refractivity contribution in [3.63, 3.8) is 0 Å². The van der Waals surface area contributed by atoms with E-state index in [-0.39, 0.29) is 0 Å². The van der Waals surface area contributed by atoms with Gasteiger partial charge in [0.15, 0.2) is 0 Å². The summed E-state index contributed by atoms with van der Waals surface area (Å²) in [6.07, 6.45) is 0.872. The molecule has 18 heavy (non-hydrogen) atoms. The van der Waals surface area contributed by atoms with Gasteiger partial charge in [-0.05, 0) is 24.8 Å². The molecule has 1 rings (SSSR count). The summed E-state index contributed by atoms with van der Waals surface area (Å²) < 4.78 is 61.3. The molecule has 1 aliphatic rings. The Balaban J connectivity index is 2.76. The van der Waals surface area contributed by atoms with E-state index < -0.39 is 43.6 Å². The zero-order valence-corrected chi connectivity index (χ0v) is 11.8. The second kappa shape index (κ2) is 5.83. The van der Waals surface area contributed by atoms with E-state index in [9.17, 15) is 16.8 Å². The number of hydrogen-bond donors (Lipinski definition) is 2. The normalized spacial score (nSPS) is 26.6. The summed E-state index contributed by atoms with van der Waals surface area (Å²) in [5, 5.41) is 0. The Bertz CT molecular complexity index is 429. The van der Waals surface area contributed by atoms with Gasteiger partial charge >= 0.3 is 0 Å². The molecule has 0 aromatic heterocycles. The standard InChI is InChI=1S/C9H19NO6S2/c1-2-3-10-4-8(6-17(11,12)13)9(5-10)7-18(14,15)16/h8-9H,2-7H2,1H3,(H,11,12,13)(H,14,15,16). The monoisotopic (exact) mass is 301 g/mol. The first-order valence-corrected chi connectivity index (χ1v) is 8.95. The first-order valence-electron chi connectivity index (χ1n) is 5.73. The molecule has 1 fully saturated rings. The molecule has 0 bridgehead atoms. The minimum absolute atomic E-state index is 0.424. The Kier molecular flexibility index (Phi) is 5.13. The molecule has 0 radical (unpaired) electrons. The lowest BCUT2D eigenvalue weighted by molar-refractivity contribution is 0.324. The largest absolute Gasteiger partial charge is 0.303 e. The van der Waals surface area contributed by atoms with E-state index in [1.807, 2.05) is 11.8 Å². The number of nitrogens with zero attached hydrogens (tertiary/aromatic N) is 1. The highest BCUT2D eigenvalue weighted by atomic mass is 32.2. The van der Waals surface area contributed by atoms with Crippen LogP contribution in [0.2, 0.25) is 0 Å². The molecule has 0 aliphatic carbocycles. The summed E-state index contributed by atoms with van der Waals surface area (Å²) in [6, 6.07) is 0. The van der Waals surface area contributed by atoms with Gasteiger partial charge in [0.25, 0.3) is 20.2 Å². The smallest absolute Gasteiger partial charge is 0.265 e. The van der Waals surface area contributed by atoms with Crippen LogP contribution in [0.15, 0.2) is 0 Å². The third-order valence-electron chi connectivity index (χ3n) is 3.04. The lowest BCUT2D eigenvalue weighted by Gasteiger charge is -2.14. The van der Waals surface area contributed by atoms with Crippen LogP contribution in [0.1, 0.15) is 13.3 Å². The van der Waals surface area contributed by atoms with E-state index in [0.29, 0.717) is 13.1 Å². The second-order valence-corrected chi connectivity index (χ2v) is 7.77. The van der Waals surface area contributed by atoms with Crippen LogP contribution in [0, 0.1) is 11.8 Å². The summed E-state index contributed by atoms with van der Waals surface area (Å²) in [7, 11) is -8.28. The molecular weight excluding hydrogens is 282 g/mol. The maximum Gasteiger partial charge on any atom is 0.265 e. The highest BCUT2D eigenvalue weighted by Crippen LogP contribution is 2.26. The van der Waals surface area contributed by atoms with Gasteiger partial charge in [-0.1, -0.05) is 6.92 Å². The van der Waals surface area contributed by atoms with Crippen LogP contribution in [0.4, 0.5) is 0 Å². The molecule has 9 heteroatoms. The van der Waals surface area contributed by atoms with Crippen LogP contribution in [0.25, 0.3) is 0 Å². The van der Waals surface area contributed by atoms with Crippen molar-refractivity contribution in [1.82, 2.24) is 4.90 Å². The lowest BCUT2D eigenvalue weighted by atomic mass is 10.0. The molecule has 0 spiro atoms. The third-order valence-corrected chi connectivity index (χ3v) is 4.74. The Morgan fingerprint density at radius 3 is 1.67 bits per heavy atom. The number of likely N-dealkylation sites (tertiary alicyclic amines) is 1. The summed E-state index contributed by atoms with van der Waals surface area (Å²) >= 11 is 0. The van der Waals surface area contributed by atoms with Crippen LogP contribution in [0.5, 0.6) is 0 Å². The van der Waals surface area contributed by atoms with Crippen LogP contribution in [0.3, 0.4) is 0 Å². The number of rotatable bonds is 6. The van der Waals surface area contributed by atoms with Gasteiger partial charge in [-0.2, -0.15) is 16.8 Å². The Morgan fingerprint density at radius 1 is 1.00 bits per heavy atom. The second-order valence-electron chi connectivity index (χ2n) is 4.78. The van der Waals surface area contributed by atoms with Crippen molar-refractivity contribution < 1.29 is 25.9 Å².